The minimum atomic E-state index is -1.78. The molecule has 0 bridgehead atoms. The third-order valence-corrected chi connectivity index (χ3v) is 10.5. The van der Waals surface area contributed by atoms with E-state index in [4.69, 9.17) is 19.9 Å². The van der Waals surface area contributed by atoms with Gasteiger partial charge in [-0.1, -0.05) is 51.1 Å². The molecule has 0 saturated carbocycles. The number of rotatable bonds is 29. The number of nitrogens with two attached hydrogens (primary N) is 1. The van der Waals surface area contributed by atoms with Crippen molar-refractivity contribution in [3.05, 3.63) is 83.7 Å². The van der Waals surface area contributed by atoms with Crippen molar-refractivity contribution in [2.75, 3.05) is 66.4 Å². The highest BCUT2D eigenvalue weighted by molar-refractivity contribution is 5.96. The monoisotopic (exact) mass is 972 g/mol. The number of ether oxygens (including phenoxy) is 3. The molecule has 3 aromatic rings. The number of carboxylic acid groups (broad SMARTS) is 1. The predicted octanol–water partition coefficient (Wildman–Crippen LogP) is 0.988. The largest absolute Gasteiger partial charge is 0.481 e. The molecule has 6 amide bonds. The normalized spacial score (nSPS) is 13.5. The Morgan fingerprint density at radius 3 is 2.09 bits per heavy atom. The Bertz CT molecular complexity index is 2190. The first-order chi connectivity index (χ1) is 32.7. The van der Waals surface area contributed by atoms with Crippen LogP contribution >= 0.6 is 0 Å². The SMILES string of the molecule is COCCOCCOCC(=O)N[C@@H](C)C(=O)N[C@H](C)C(=O)N[C@@H](CC(=O)O)C(=O)N[C@@H](CCN(C(=O)CO)[C@@H](c1cc(-c2cc(F)ccc2F)cn1Cc1ccccc1)C(C)(C)C)C(=O)NCCN. The number of aliphatic carboxylic acids is 1. The van der Waals surface area contributed by atoms with Crippen LogP contribution in [0, 0.1) is 17.0 Å². The van der Waals surface area contributed by atoms with Gasteiger partial charge in [0.1, 0.15) is 49.0 Å². The standard InChI is InChI=1S/C47H66F2N8O12/c1-29(52-39(59)28-69-21-20-68-19-18-67-6)43(63)53-30(2)44(64)55-37(24-41(61)62)46(66)54-36(45(65)51-16-15-50)14-17-57(40(60)27-58)42(47(3,4)5)38-22-32(34-23-33(48)12-13-35(34)49)26-56(38)25-31-10-8-7-9-11-31/h7-13,22-23,26,29-30,36-37,42,58H,14-21,24-25,27-28,50H2,1-6H3,(H,51,65)(H,52,59)(H,53,63)(H,54,66)(H,55,64)(H,61,62)/t29-,30+,36-,37-,42-/m0/s1. The number of aromatic nitrogens is 1. The molecule has 0 fully saturated rings. The number of methoxy groups -OCH3 is 1. The molecular weight excluding hydrogens is 907 g/mol. The summed E-state index contributed by atoms with van der Waals surface area (Å²) in [7, 11) is 1.53. The molecule has 20 nitrogen and oxygen atoms in total. The number of benzene rings is 2. The second-order valence-electron chi connectivity index (χ2n) is 17.2. The van der Waals surface area contributed by atoms with Gasteiger partial charge in [0.2, 0.25) is 35.4 Å². The topological polar surface area (TPSA) is 282 Å². The van der Waals surface area contributed by atoms with E-state index in [1.807, 2.05) is 51.1 Å². The van der Waals surface area contributed by atoms with Crippen molar-refractivity contribution in [3.63, 3.8) is 0 Å². The van der Waals surface area contributed by atoms with Crippen molar-refractivity contribution in [3.8, 4) is 11.1 Å². The lowest BCUT2D eigenvalue weighted by molar-refractivity contribution is -0.142. The number of carboxylic acids is 1. The van der Waals surface area contributed by atoms with E-state index in [1.54, 1.807) is 16.8 Å². The summed E-state index contributed by atoms with van der Waals surface area (Å²) >= 11 is 0. The van der Waals surface area contributed by atoms with Crippen LogP contribution in [0.15, 0.2) is 60.8 Å². The molecule has 1 aromatic heterocycles. The maximum absolute atomic E-state index is 15.3. The first-order valence-electron chi connectivity index (χ1n) is 22.3. The van der Waals surface area contributed by atoms with E-state index < -0.39 is 102 Å². The molecule has 2 aromatic carbocycles. The Kier molecular flexibility index (Phi) is 23.3. The molecule has 0 aliphatic rings. The summed E-state index contributed by atoms with van der Waals surface area (Å²) in [6.07, 6.45) is 0.364. The van der Waals surface area contributed by atoms with Gasteiger partial charge in [0, 0.05) is 56.3 Å². The first kappa shape index (κ1) is 57.0. The van der Waals surface area contributed by atoms with Crippen molar-refractivity contribution in [2.45, 2.75) is 84.2 Å². The lowest BCUT2D eigenvalue weighted by Gasteiger charge is -2.41. The van der Waals surface area contributed by atoms with Gasteiger partial charge in [-0.25, -0.2) is 8.78 Å². The van der Waals surface area contributed by atoms with E-state index >= 15 is 4.39 Å². The molecular formula is C47H66F2N8O12. The highest BCUT2D eigenvalue weighted by atomic mass is 19.1. The maximum atomic E-state index is 15.3. The minimum absolute atomic E-state index is 0.00275. The second-order valence-corrected chi connectivity index (χ2v) is 17.2. The van der Waals surface area contributed by atoms with Crippen LogP contribution in [0.2, 0.25) is 0 Å². The van der Waals surface area contributed by atoms with Crippen molar-refractivity contribution in [1.82, 2.24) is 36.1 Å². The molecule has 1 heterocycles. The van der Waals surface area contributed by atoms with Gasteiger partial charge < -0.3 is 66.2 Å². The molecule has 0 aliphatic carbocycles. The molecule has 380 valence electrons. The Labute approximate surface area is 400 Å². The number of hydrogen-bond acceptors (Lipinski definition) is 12. The number of halogens is 2. The zero-order valence-corrected chi connectivity index (χ0v) is 39.9. The van der Waals surface area contributed by atoms with Gasteiger partial charge in [-0.15, -0.1) is 0 Å². The summed E-state index contributed by atoms with van der Waals surface area (Å²) in [6.45, 7) is 7.70. The molecule has 9 N–H and O–H groups in total. The fourth-order valence-electron chi connectivity index (χ4n) is 7.19. The van der Waals surface area contributed by atoms with Crippen LogP contribution in [0.1, 0.15) is 64.8 Å². The molecule has 0 radical (unpaired) electrons. The third kappa shape index (κ3) is 18.6. The second kappa shape index (κ2) is 28.2. The summed E-state index contributed by atoms with van der Waals surface area (Å²) in [6, 6.07) is 7.25. The van der Waals surface area contributed by atoms with Crippen LogP contribution in [0.3, 0.4) is 0 Å². The van der Waals surface area contributed by atoms with E-state index in [2.05, 4.69) is 26.6 Å². The van der Waals surface area contributed by atoms with E-state index in [-0.39, 0.29) is 58.0 Å². The first-order valence-corrected chi connectivity index (χ1v) is 22.3. The predicted molar refractivity (Wildman–Crippen MR) is 248 cm³/mol. The van der Waals surface area contributed by atoms with E-state index in [0.717, 1.165) is 23.8 Å². The van der Waals surface area contributed by atoms with Gasteiger partial charge >= 0.3 is 5.97 Å². The van der Waals surface area contributed by atoms with Gasteiger partial charge in [-0.3, -0.25) is 33.6 Å². The lowest BCUT2D eigenvalue weighted by Crippen LogP contribution is -2.58. The lowest BCUT2D eigenvalue weighted by atomic mass is 9.82. The third-order valence-electron chi connectivity index (χ3n) is 10.5. The van der Waals surface area contributed by atoms with Gasteiger partial charge in [0.15, 0.2) is 0 Å². The zero-order chi connectivity index (χ0) is 51.3. The molecule has 3 rings (SSSR count). The number of nitrogens with one attached hydrogen (secondary N) is 5. The quantitative estimate of drug-likeness (QED) is 0.0452. The van der Waals surface area contributed by atoms with Crippen molar-refractivity contribution >= 4 is 41.4 Å². The van der Waals surface area contributed by atoms with E-state index in [1.165, 1.54) is 25.9 Å². The molecule has 22 heteroatoms. The average molecular weight is 973 g/mol. The number of aliphatic hydroxyl groups excluding tert-OH is 1. The smallest absolute Gasteiger partial charge is 0.305 e. The van der Waals surface area contributed by atoms with Gasteiger partial charge in [0.05, 0.1) is 38.9 Å². The Hall–Kier alpha value is -6.33. The van der Waals surface area contributed by atoms with Gasteiger partial charge in [-0.05, 0) is 55.5 Å². The van der Waals surface area contributed by atoms with Gasteiger partial charge in [0.25, 0.3) is 0 Å². The Morgan fingerprint density at radius 1 is 0.812 bits per heavy atom. The minimum Gasteiger partial charge on any atom is -0.481 e. The van der Waals surface area contributed by atoms with Crippen molar-refractivity contribution in [2.24, 2.45) is 11.1 Å². The number of carbonyl (C=O) groups is 7. The summed E-state index contributed by atoms with van der Waals surface area (Å²) in [5.74, 6) is -7.91. The summed E-state index contributed by atoms with van der Waals surface area (Å²) in [5.41, 5.74) is 6.37. The highest BCUT2D eigenvalue weighted by Gasteiger charge is 2.38. The van der Waals surface area contributed by atoms with E-state index in [9.17, 15) is 48.2 Å². The number of hydrogen-bond donors (Lipinski definition) is 8. The summed E-state index contributed by atoms with van der Waals surface area (Å²) in [4.78, 5) is 93.2. The maximum Gasteiger partial charge on any atom is 0.305 e. The number of amides is 6. The van der Waals surface area contributed by atoms with Gasteiger partial charge in [-0.2, -0.15) is 0 Å². The Morgan fingerprint density at radius 2 is 1.45 bits per heavy atom. The van der Waals surface area contributed by atoms with E-state index in [0.29, 0.717) is 24.5 Å². The number of carbonyl (C=O) groups excluding carboxylic acids is 6. The number of nitrogens with zero attached hydrogens (tertiary/aromatic N) is 2. The van der Waals surface area contributed by atoms with Crippen molar-refractivity contribution in [1.29, 1.82) is 0 Å². The van der Waals surface area contributed by atoms with Crippen LogP contribution in [-0.2, 0) is 54.3 Å². The van der Waals surface area contributed by atoms with Crippen molar-refractivity contribution < 1.29 is 66.8 Å². The fraction of sp³-hybridized carbons (Fsp3) is 0.511. The van der Waals surface area contributed by atoms with Crippen LogP contribution in [0.4, 0.5) is 8.78 Å². The average Bonchev–Trinajstić information content (AvgIpc) is 3.70. The number of aliphatic hydroxyl groups is 1. The molecule has 0 spiro atoms. The summed E-state index contributed by atoms with van der Waals surface area (Å²) in [5, 5.41) is 32.2. The highest BCUT2D eigenvalue weighted by Crippen LogP contribution is 2.41. The van der Waals surface area contributed by atoms with Crippen LogP contribution in [0.25, 0.3) is 11.1 Å². The van der Waals surface area contributed by atoms with Crippen LogP contribution < -0.4 is 32.3 Å². The molecule has 5 atom stereocenters. The molecule has 69 heavy (non-hydrogen) atoms. The molecule has 0 unspecified atom stereocenters. The fourth-order valence-corrected chi connectivity index (χ4v) is 7.19. The molecule has 0 saturated heterocycles. The summed E-state index contributed by atoms with van der Waals surface area (Å²) < 4.78 is 46.9. The van der Waals surface area contributed by atoms with Crippen LogP contribution in [0.5, 0.6) is 0 Å². The zero-order valence-electron chi connectivity index (χ0n) is 39.9. The van der Waals surface area contributed by atoms with Crippen LogP contribution in [-0.4, -0.2) is 152 Å². The Balaban J connectivity index is 1.87. The molecule has 0 aliphatic heterocycles.